The molecule has 0 bridgehead atoms. The molecule has 0 unspecified atom stereocenters. The molecule has 0 fully saturated rings. The first-order chi connectivity index (χ1) is 5.07. The molecular formula is C7H15NO3. The summed E-state index contributed by atoms with van der Waals surface area (Å²) < 4.78 is 9.50. The lowest BCUT2D eigenvalue weighted by Crippen LogP contribution is -2.36. The Balaban J connectivity index is 3.52. The minimum Gasteiger partial charge on any atom is -0.468 e. The van der Waals surface area contributed by atoms with Crippen LogP contribution in [0.3, 0.4) is 0 Å². The van der Waals surface area contributed by atoms with Gasteiger partial charge >= 0.3 is 5.97 Å². The number of carbonyl (C=O) groups excluding carboxylic acids is 1. The van der Waals surface area contributed by atoms with Gasteiger partial charge < -0.3 is 15.2 Å². The second-order valence-electron chi connectivity index (χ2n) is 2.51. The highest BCUT2D eigenvalue weighted by Crippen LogP contribution is 1.91. The number of methoxy groups -OCH3 is 1. The maximum atomic E-state index is 10.7. The molecule has 0 saturated carbocycles. The first-order valence-corrected chi connectivity index (χ1v) is 3.53. The summed E-state index contributed by atoms with van der Waals surface area (Å²) in [5.41, 5.74) is 5.38. The van der Waals surface area contributed by atoms with Crippen LogP contribution < -0.4 is 5.73 Å². The van der Waals surface area contributed by atoms with Gasteiger partial charge in [-0.05, 0) is 13.8 Å². The van der Waals surface area contributed by atoms with E-state index in [0.29, 0.717) is 0 Å². The van der Waals surface area contributed by atoms with Crippen LogP contribution >= 0.6 is 0 Å². The standard InChI is InChI=1S/C7H15NO3/c1-5(2)11-4-6(8)7(9)10-3/h5-6H,4,8H2,1-3H3/t6-/m1/s1. The molecule has 4 nitrogen and oxygen atoms in total. The van der Waals surface area contributed by atoms with Gasteiger partial charge in [0.15, 0.2) is 0 Å². The van der Waals surface area contributed by atoms with Crippen LogP contribution in [0.5, 0.6) is 0 Å². The molecule has 0 radical (unpaired) electrons. The fourth-order valence-electron chi connectivity index (χ4n) is 0.516. The monoisotopic (exact) mass is 161 g/mol. The van der Waals surface area contributed by atoms with E-state index in [9.17, 15) is 4.79 Å². The van der Waals surface area contributed by atoms with E-state index in [1.54, 1.807) is 0 Å². The largest absolute Gasteiger partial charge is 0.468 e. The van der Waals surface area contributed by atoms with Gasteiger partial charge in [0.05, 0.1) is 19.8 Å². The molecule has 1 atom stereocenters. The summed E-state index contributed by atoms with van der Waals surface area (Å²) in [5, 5.41) is 0. The maximum Gasteiger partial charge on any atom is 0.325 e. The van der Waals surface area contributed by atoms with Gasteiger partial charge in [0.2, 0.25) is 0 Å². The van der Waals surface area contributed by atoms with Gasteiger partial charge in [-0.2, -0.15) is 0 Å². The molecule has 0 aliphatic rings. The summed E-state index contributed by atoms with van der Waals surface area (Å²) in [7, 11) is 1.30. The first kappa shape index (κ1) is 10.4. The molecule has 0 heterocycles. The average Bonchev–Trinajstić information content (AvgIpc) is 1.98. The maximum absolute atomic E-state index is 10.7. The molecule has 2 N–H and O–H groups in total. The van der Waals surface area contributed by atoms with Crippen LogP contribution in [0.15, 0.2) is 0 Å². The van der Waals surface area contributed by atoms with Crippen LogP contribution in [-0.4, -0.2) is 31.8 Å². The van der Waals surface area contributed by atoms with Crippen molar-refractivity contribution in [2.75, 3.05) is 13.7 Å². The summed E-state index contributed by atoms with van der Waals surface area (Å²) in [6.07, 6.45) is 0.0886. The van der Waals surface area contributed by atoms with Crippen molar-refractivity contribution in [1.82, 2.24) is 0 Å². The van der Waals surface area contributed by atoms with Crippen molar-refractivity contribution in [1.29, 1.82) is 0 Å². The Bertz CT molecular complexity index is 125. The molecular weight excluding hydrogens is 146 g/mol. The molecule has 0 aromatic carbocycles. The Morgan fingerprint density at radius 1 is 1.55 bits per heavy atom. The van der Waals surface area contributed by atoms with Gasteiger partial charge in [0, 0.05) is 0 Å². The second-order valence-corrected chi connectivity index (χ2v) is 2.51. The van der Waals surface area contributed by atoms with E-state index in [1.807, 2.05) is 13.8 Å². The van der Waals surface area contributed by atoms with Crippen molar-refractivity contribution in [3.63, 3.8) is 0 Å². The smallest absolute Gasteiger partial charge is 0.325 e. The summed E-state index contributed by atoms with van der Waals surface area (Å²) in [6.45, 7) is 3.97. The topological polar surface area (TPSA) is 61.5 Å². The Kier molecular flexibility index (Phi) is 4.81. The summed E-state index contributed by atoms with van der Waals surface area (Å²) >= 11 is 0. The van der Waals surface area contributed by atoms with Crippen LogP contribution in [0.4, 0.5) is 0 Å². The molecule has 4 heteroatoms. The van der Waals surface area contributed by atoms with Crippen LogP contribution in [0, 0.1) is 0 Å². The molecule has 0 aromatic heterocycles. The highest BCUT2D eigenvalue weighted by Gasteiger charge is 2.13. The molecule has 0 aliphatic heterocycles. The molecule has 0 amide bonds. The first-order valence-electron chi connectivity index (χ1n) is 3.53. The van der Waals surface area contributed by atoms with Gasteiger partial charge in [-0.25, -0.2) is 0 Å². The van der Waals surface area contributed by atoms with Gasteiger partial charge in [0.1, 0.15) is 6.04 Å². The summed E-state index contributed by atoms with van der Waals surface area (Å²) in [5.74, 6) is -0.439. The Morgan fingerprint density at radius 2 is 2.09 bits per heavy atom. The van der Waals surface area contributed by atoms with E-state index < -0.39 is 12.0 Å². The van der Waals surface area contributed by atoms with E-state index in [4.69, 9.17) is 10.5 Å². The van der Waals surface area contributed by atoms with Gasteiger partial charge in [-0.1, -0.05) is 0 Å². The second kappa shape index (κ2) is 5.09. The van der Waals surface area contributed by atoms with E-state index in [1.165, 1.54) is 7.11 Å². The van der Waals surface area contributed by atoms with Crippen molar-refractivity contribution >= 4 is 5.97 Å². The lowest BCUT2D eigenvalue weighted by molar-refractivity contribution is -0.144. The zero-order valence-corrected chi connectivity index (χ0v) is 7.16. The minimum atomic E-state index is -0.664. The lowest BCUT2D eigenvalue weighted by Gasteiger charge is -2.11. The van der Waals surface area contributed by atoms with Crippen LogP contribution in [0.25, 0.3) is 0 Å². The zero-order chi connectivity index (χ0) is 8.85. The number of nitrogens with two attached hydrogens (primary N) is 1. The Morgan fingerprint density at radius 3 is 2.45 bits per heavy atom. The van der Waals surface area contributed by atoms with Crippen molar-refractivity contribution < 1.29 is 14.3 Å². The number of carbonyl (C=O) groups is 1. The van der Waals surface area contributed by atoms with Crippen molar-refractivity contribution in [3.05, 3.63) is 0 Å². The molecule has 66 valence electrons. The third-order valence-corrected chi connectivity index (χ3v) is 1.11. The van der Waals surface area contributed by atoms with Gasteiger partial charge in [-0.15, -0.1) is 0 Å². The summed E-state index contributed by atoms with van der Waals surface area (Å²) in [6, 6.07) is -0.664. The number of hydrogen-bond donors (Lipinski definition) is 1. The third kappa shape index (κ3) is 4.75. The minimum absolute atomic E-state index is 0.0886. The van der Waals surface area contributed by atoms with Gasteiger partial charge in [-0.3, -0.25) is 4.79 Å². The Labute approximate surface area is 66.7 Å². The van der Waals surface area contributed by atoms with Crippen molar-refractivity contribution in [2.45, 2.75) is 26.0 Å². The molecule has 0 saturated heterocycles. The number of ether oxygens (including phenoxy) is 2. The van der Waals surface area contributed by atoms with Crippen molar-refractivity contribution in [2.24, 2.45) is 5.73 Å². The fourth-order valence-corrected chi connectivity index (χ4v) is 0.516. The Hall–Kier alpha value is -0.610. The summed E-state index contributed by atoms with van der Waals surface area (Å²) in [4.78, 5) is 10.7. The number of esters is 1. The van der Waals surface area contributed by atoms with E-state index >= 15 is 0 Å². The SMILES string of the molecule is COC(=O)[C@H](N)COC(C)C. The normalized spacial score (nSPS) is 13.2. The van der Waals surface area contributed by atoms with Crippen LogP contribution in [0.2, 0.25) is 0 Å². The fraction of sp³-hybridized carbons (Fsp3) is 0.857. The molecule has 0 spiro atoms. The number of hydrogen-bond acceptors (Lipinski definition) is 4. The number of rotatable bonds is 4. The molecule has 11 heavy (non-hydrogen) atoms. The average molecular weight is 161 g/mol. The van der Waals surface area contributed by atoms with E-state index in [0.717, 1.165) is 0 Å². The predicted octanol–water partition coefficient (Wildman–Crippen LogP) is -0.0883. The van der Waals surface area contributed by atoms with Crippen molar-refractivity contribution in [3.8, 4) is 0 Å². The zero-order valence-electron chi connectivity index (χ0n) is 7.16. The highest BCUT2D eigenvalue weighted by atomic mass is 16.5. The van der Waals surface area contributed by atoms with E-state index in [2.05, 4.69) is 4.74 Å². The third-order valence-electron chi connectivity index (χ3n) is 1.11. The van der Waals surface area contributed by atoms with Gasteiger partial charge in [0.25, 0.3) is 0 Å². The predicted molar refractivity (Wildman–Crippen MR) is 41.1 cm³/mol. The quantitative estimate of drug-likeness (QED) is 0.585. The van der Waals surface area contributed by atoms with Crippen LogP contribution in [-0.2, 0) is 14.3 Å². The molecule has 0 aromatic rings. The lowest BCUT2D eigenvalue weighted by atomic mass is 10.3. The highest BCUT2D eigenvalue weighted by molar-refractivity contribution is 5.75. The van der Waals surface area contributed by atoms with Crippen LogP contribution in [0.1, 0.15) is 13.8 Å². The molecule has 0 aliphatic carbocycles. The van der Waals surface area contributed by atoms with E-state index in [-0.39, 0.29) is 12.7 Å². The molecule has 0 rings (SSSR count).